The van der Waals surface area contributed by atoms with Crippen molar-refractivity contribution in [3.05, 3.63) is 76.6 Å². The van der Waals surface area contributed by atoms with E-state index in [9.17, 15) is 0 Å². The smallest absolute Gasteiger partial charge is 0.209 e. The molecule has 2 aromatic carbocycles. The number of aromatic nitrogens is 6. The molecule has 0 radical (unpaired) electrons. The Kier molecular flexibility index (Phi) is 4.87. The molecule has 2 heterocycles. The molecule has 0 unspecified atom stereocenters. The lowest BCUT2D eigenvalue weighted by Gasteiger charge is -2.08. The molecule has 7 nitrogen and oxygen atoms in total. The molecule has 138 valence electrons. The highest BCUT2D eigenvalue weighted by Crippen LogP contribution is 2.28. The number of nitrogens with zero attached hydrogens (tertiary/aromatic N) is 7. The van der Waals surface area contributed by atoms with Crippen LogP contribution in [0.15, 0.2) is 54.7 Å². The van der Waals surface area contributed by atoms with Gasteiger partial charge >= 0.3 is 0 Å². The second kappa shape index (κ2) is 7.62. The summed E-state index contributed by atoms with van der Waals surface area (Å²) in [5.74, 6) is 0.416. The van der Waals surface area contributed by atoms with E-state index in [1.807, 2.05) is 30.3 Å². The van der Waals surface area contributed by atoms with Gasteiger partial charge in [-0.15, -0.1) is 10.2 Å². The van der Waals surface area contributed by atoms with E-state index in [4.69, 9.17) is 16.9 Å². The topological polar surface area (TPSA) is 85.2 Å². The highest BCUT2D eigenvalue weighted by Gasteiger charge is 2.17. The fourth-order valence-electron chi connectivity index (χ4n) is 2.93. The number of tetrazole rings is 1. The van der Waals surface area contributed by atoms with Gasteiger partial charge in [-0.1, -0.05) is 48.9 Å². The normalized spacial score (nSPS) is 10.8. The molecule has 4 aromatic rings. The first-order valence-electron chi connectivity index (χ1n) is 8.78. The predicted molar refractivity (Wildman–Crippen MR) is 105 cm³/mol. The Morgan fingerprint density at radius 2 is 1.89 bits per heavy atom. The summed E-state index contributed by atoms with van der Waals surface area (Å²) in [6.45, 7) is 2.54. The minimum atomic E-state index is 0.416. The lowest BCUT2D eigenvalue weighted by atomic mass is 10.1. The van der Waals surface area contributed by atoms with Crippen molar-refractivity contribution in [1.82, 2.24) is 30.0 Å². The molecule has 0 aliphatic carbocycles. The van der Waals surface area contributed by atoms with Gasteiger partial charge in [-0.05, 0) is 41.0 Å². The maximum atomic E-state index is 8.88. The minimum absolute atomic E-state index is 0.416. The van der Waals surface area contributed by atoms with Gasteiger partial charge in [0.15, 0.2) is 0 Å². The number of benzene rings is 2. The number of hydrogen-bond acceptors (Lipinski definition) is 5. The highest BCUT2D eigenvalue weighted by atomic mass is 35.5. The molecule has 0 spiro atoms. The second-order valence-electron chi connectivity index (χ2n) is 6.20. The van der Waals surface area contributed by atoms with E-state index in [0.29, 0.717) is 28.6 Å². The van der Waals surface area contributed by atoms with Gasteiger partial charge < -0.3 is 0 Å². The van der Waals surface area contributed by atoms with Gasteiger partial charge in [-0.3, -0.25) is 0 Å². The summed E-state index contributed by atoms with van der Waals surface area (Å²) in [6, 6.07) is 17.4. The van der Waals surface area contributed by atoms with Gasteiger partial charge in [-0.25, -0.2) is 4.68 Å². The lowest BCUT2D eigenvalue weighted by Crippen LogP contribution is -2.04. The van der Waals surface area contributed by atoms with Crippen molar-refractivity contribution in [2.24, 2.45) is 0 Å². The number of rotatable bonds is 5. The van der Waals surface area contributed by atoms with E-state index in [1.165, 1.54) is 4.80 Å². The molecule has 4 rings (SSSR count). The van der Waals surface area contributed by atoms with Crippen LogP contribution in [0, 0.1) is 11.3 Å². The van der Waals surface area contributed by atoms with E-state index in [2.05, 4.69) is 39.6 Å². The van der Waals surface area contributed by atoms with Gasteiger partial charge in [0.05, 0.1) is 35.6 Å². The lowest BCUT2D eigenvalue weighted by molar-refractivity contribution is 0.573. The van der Waals surface area contributed by atoms with Crippen molar-refractivity contribution >= 4 is 11.6 Å². The first-order chi connectivity index (χ1) is 13.7. The van der Waals surface area contributed by atoms with Crippen LogP contribution >= 0.6 is 11.6 Å². The molecule has 0 amide bonds. The molecular formula is C20H16ClN7. The third-order valence-electron chi connectivity index (χ3n) is 4.41. The van der Waals surface area contributed by atoms with E-state index in [1.54, 1.807) is 23.0 Å². The van der Waals surface area contributed by atoms with E-state index in [0.717, 1.165) is 23.2 Å². The quantitative estimate of drug-likeness (QED) is 0.520. The molecular weight excluding hydrogens is 374 g/mol. The maximum Gasteiger partial charge on any atom is 0.209 e. The Balaban J connectivity index is 1.61. The number of hydrogen-bond donors (Lipinski definition) is 0. The average Bonchev–Trinajstić information content (AvgIpc) is 3.34. The zero-order valence-electron chi connectivity index (χ0n) is 15.1. The Morgan fingerprint density at radius 1 is 1.11 bits per heavy atom. The monoisotopic (exact) mass is 389 g/mol. The summed E-state index contributed by atoms with van der Waals surface area (Å²) in [5, 5.41) is 26.4. The van der Waals surface area contributed by atoms with Crippen LogP contribution in [0.3, 0.4) is 0 Å². The summed E-state index contributed by atoms with van der Waals surface area (Å²) in [6.07, 6.45) is 2.53. The fourth-order valence-corrected chi connectivity index (χ4v) is 3.20. The van der Waals surface area contributed by atoms with Gasteiger partial charge in [0.1, 0.15) is 5.15 Å². The largest absolute Gasteiger partial charge is 0.221 e. The molecule has 0 saturated heterocycles. The molecule has 28 heavy (non-hydrogen) atoms. The van der Waals surface area contributed by atoms with Crippen LogP contribution in [0.25, 0.3) is 17.1 Å². The fraction of sp³-hybridized carbons (Fsp3) is 0.150. The summed E-state index contributed by atoms with van der Waals surface area (Å²) in [4.78, 5) is 1.49. The van der Waals surface area contributed by atoms with Crippen LogP contribution in [0.2, 0.25) is 5.15 Å². The standard InChI is InChI=1S/C20H16ClN7/c1-2-16-5-3-4-6-18(16)28-19(21)17(12-23-28)20-24-26-27(25-20)13-15-9-7-14(11-22)8-10-15/h3-10,12H,2,13H2,1H3. The molecule has 0 bridgehead atoms. The number of halogens is 1. The Labute approximate surface area is 166 Å². The zero-order chi connectivity index (χ0) is 19.5. The molecule has 0 aliphatic rings. The van der Waals surface area contributed by atoms with Crippen LogP contribution < -0.4 is 0 Å². The van der Waals surface area contributed by atoms with Crippen LogP contribution in [0.4, 0.5) is 0 Å². The summed E-state index contributed by atoms with van der Waals surface area (Å²) in [5.41, 5.74) is 4.30. The first-order valence-corrected chi connectivity index (χ1v) is 9.16. The van der Waals surface area contributed by atoms with Crippen molar-refractivity contribution in [2.75, 3.05) is 0 Å². The number of nitriles is 1. The van der Waals surface area contributed by atoms with Gasteiger partial charge in [-0.2, -0.15) is 15.2 Å². The Morgan fingerprint density at radius 3 is 2.64 bits per heavy atom. The summed E-state index contributed by atoms with van der Waals surface area (Å²) in [7, 11) is 0. The van der Waals surface area contributed by atoms with Crippen LogP contribution in [0.5, 0.6) is 0 Å². The molecule has 0 atom stereocenters. The van der Waals surface area contributed by atoms with E-state index in [-0.39, 0.29) is 0 Å². The SMILES string of the molecule is CCc1ccccc1-n1ncc(-c2nnn(Cc3ccc(C#N)cc3)n2)c1Cl. The number of para-hydroxylation sites is 1. The molecule has 8 heteroatoms. The zero-order valence-corrected chi connectivity index (χ0v) is 15.9. The third-order valence-corrected chi connectivity index (χ3v) is 4.78. The number of aryl methyl sites for hydroxylation is 1. The Bertz CT molecular complexity index is 1150. The maximum absolute atomic E-state index is 8.88. The van der Waals surface area contributed by atoms with Gasteiger partial charge in [0.2, 0.25) is 5.82 Å². The van der Waals surface area contributed by atoms with E-state index >= 15 is 0 Å². The van der Waals surface area contributed by atoms with Gasteiger partial charge in [0.25, 0.3) is 0 Å². The van der Waals surface area contributed by atoms with Crippen LogP contribution in [-0.2, 0) is 13.0 Å². The molecule has 0 N–H and O–H groups in total. The van der Waals surface area contributed by atoms with E-state index < -0.39 is 0 Å². The molecule has 0 fully saturated rings. The molecule has 0 saturated carbocycles. The molecule has 0 aliphatic heterocycles. The predicted octanol–water partition coefficient (Wildman–Crippen LogP) is 3.66. The van der Waals surface area contributed by atoms with Gasteiger partial charge in [0, 0.05) is 0 Å². The van der Waals surface area contributed by atoms with Crippen LogP contribution in [0.1, 0.15) is 23.6 Å². The van der Waals surface area contributed by atoms with Crippen molar-refractivity contribution in [3.8, 4) is 23.1 Å². The molecule has 2 aromatic heterocycles. The van der Waals surface area contributed by atoms with Crippen molar-refractivity contribution in [1.29, 1.82) is 5.26 Å². The van der Waals surface area contributed by atoms with Crippen molar-refractivity contribution < 1.29 is 0 Å². The van der Waals surface area contributed by atoms with Crippen molar-refractivity contribution in [3.63, 3.8) is 0 Å². The summed E-state index contributed by atoms with van der Waals surface area (Å²) < 4.78 is 1.69. The Hall–Kier alpha value is -3.50. The second-order valence-corrected chi connectivity index (χ2v) is 6.55. The third kappa shape index (κ3) is 3.38. The van der Waals surface area contributed by atoms with Crippen LogP contribution in [-0.4, -0.2) is 30.0 Å². The average molecular weight is 390 g/mol. The first kappa shape index (κ1) is 17.9. The highest BCUT2D eigenvalue weighted by molar-refractivity contribution is 6.32. The minimum Gasteiger partial charge on any atom is -0.221 e. The van der Waals surface area contributed by atoms with Crippen molar-refractivity contribution in [2.45, 2.75) is 19.9 Å². The summed E-state index contributed by atoms with van der Waals surface area (Å²) >= 11 is 6.58.